The molecule has 0 aromatic heterocycles. The molecule has 0 amide bonds. The van der Waals surface area contributed by atoms with Crippen LogP contribution in [0.15, 0.2) is 0 Å². The van der Waals surface area contributed by atoms with Crippen molar-refractivity contribution >= 4 is 0 Å². The van der Waals surface area contributed by atoms with E-state index in [1.165, 1.54) is 19.3 Å². The smallest absolute Gasteiger partial charge is 0.0543 e. The maximum atomic E-state index is 9.72. The van der Waals surface area contributed by atoms with E-state index in [0.29, 0.717) is 5.41 Å². The summed E-state index contributed by atoms with van der Waals surface area (Å²) in [6.45, 7) is 11.7. The zero-order valence-corrected chi connectivity index (χ0v) is 11.8. The second-order valence-corrected chi connectivity index (χ2v) is 7.05. The predicted molar refractivity (Wildman–Crippen MR) is 70.4 cm³/mol. The maximum Gasteiger partial charge on any atom is 0.0543 e. The topological polar surface area (TPSA) is 20.2 Å². The molecule has 1 aliphatic carbocycles. The molecule has 0 aromatic rings. The average molecular weight is 226 g/mol. The first-order valence-electron chi connectivity index (χ1n) is 6.98. The van der Waals surface area contributed by atoms with E-state index in [-0.39, 0.29) is 6.10 Å². The fourth-order valence-electron chi connectivity index (χ4n) is 2.69. The van der Waals surface area contributed by atoms with Crippen molar-refractivity contribution in [2.75, 3.05) is 0 Å². The Bertz CT molecular complexity index is 204. The lowest BCUT2D eigenvalue weighted by Gasteiger charge is -2.34. The van der Waals surface area contributed by atoms with Crippen LogP contribution in [0, 0.1) is 23.2 Å². The van der Waals surface area contributed by atoms with Crippen LogP contribution in [0.4, 0.5) is 0 Å². The number of aliphatic hydroxyl groups is 1. The quantitative estimate of drug-likeness (QED) is 0.763. The minimum Gasteiger partial charge on any atom is -0.393 e. The summed E-state index contributed by atoms with van der Waals surface area (Å²) in [6.07, 6.45) is 5.87. The van der Waals surface area contributed by atoms with E-state index < -0.39 is 0 Å². The highest BCUT2D eigenvalue weighted by Gasteiger charge is 2.28. The normalized spacial score (nSPS) is 33.8. The van der Waals surface area contributed by atoms with Gasteiger partial charge in [-0.2, -0.15) is 0 Å². The molecule has 0 saturated heterocycles. The van der Waals surface area contributed by atoms with Gasteiger partial charge in [-0.25, -0.2) is 0 Å². The van der Waals surface area contributed by atoms with Gasteiger partial charge < -0.3 is 5.11 Å². The summed E-state index contributed by atoms with van der Waals surface area (Å²) in [5.41, 5.74) is 0.427. The molecule has 1 aliphatic rings. The van der Waals surface area contributed by atoms with E-state index in [1.54, 1.807) is 0 Å². The lowest BCUT2D eigenvalue weighted by atomic mass is 9.73. The van der Waals surface area contributed by atoms with E-state index >= 15 is 0 Å². The molecular formula is C15H30O. The van der Waals surface area contributed by atoms with Gasteiger partial charge in [-0.05, 0) is 55.3 Å². The van der Waals surface area contributed by atoms with Crippen LogP contribution in [0.25, 0.3) is 0 Å². The second-order valence-electron chi connectivity index (χ2n) is 7.05. The first-order chi connectivity index (χ1) is 7.30. The second kappa shape index (κ2) is 5.53. The van der Waals surface area contributed by atoms with Gasteiger partial charge in [-0.1, -0.05) is 34.6 Å². The highest BCUT2D eigenvalue weighted by Crippen LogP contribution is 2.36. The third-order valence-corrected chi connectivity index (χ3v) is 4.78. The minimum atomic E-state index is -0.0221. The standard InChI is InChI=1S/C15H30O/c1-11-6-9-14(16)10-13(11)8-7-12(2)15(3,4)5/h11-14,16H,6-10H2,1-5H3. The van der Waals surface area contributed by atoms with E-state index in [2.05, 4.69) is 34.6 Å². The van der Waals surface area contributed by atoms with Crippen LogP contribution in [-0.4, -0.2) is 11.2 Å². The highest BCUT2D eigenvalue weighted by molar-refractivity contribution is 4.79. The van der Waals surface area contributed by atoms with Crippen molar-refractivity contribution in [2.24, 2.45) is 23.2 Å². The number of aliphatic hydroxyl groups excluding tert-OH is 1. The lowest BCUT2D eigenvalue weighted by Crippen LogP contribution is -2.27. The Morgan fingerprint density at radius 3 is 2.44 bits per heavy atom. The van der Waals surface area contributed by atoms with Gasteiger partial charge in [0.2, 0.25) is 0 Å². The largest absolute Gasteiger partial charge is 0.393 e. The molecule has 0 aliphatic heterocycles. The van der Waals surface area contributed by atoms with Gasteiger partial charge in [0.25, 0.3) is 0 Å². The van der Waals surface area contributed by atoms with Crippen LogP contribution in [0.3, 0.4) is 0 Å². The summed E-state index contributed by atoms with van der Waals surface area (Å²) in [5, 5.41) is 9.72. The van der Waals surface area contributed by atoms with Crippen molar-refractivity contribution in [3.63, 3.8) is 0 Å². The summed E-state index contributed by atoms with van der Waals surface area (Å²) in [5.74, 6) is 2.35. The van der Waals surface area contributed by atoms with Gasteiger partial charge in [0.1, 0.15) is 0 Å². The SMILES string of the molecule is CC1CCC(O)CC1CCC(C)C(C)(C)C. The van der Waals surface area contributed by atoms with Gasteiger partial charge in [-0.15, -0.1) is 0 Å². The molecule has 16 heavy (non-hydrogen) atoms. The Morgan fingerprint density at radius 2 is 1.88 bits per heavy atom. The van der Waals surface area contributed by atoms with Crippen LogP contribution in [0.2, 0.25) is 0 Å². The molecule has 1 saturated carbocycles. The minimum absolute atomic E-state index is 0.0221. The molecular weight excluding hydrogens is 196 g/mol. The van der Waals surface area contributed by atoms with E-state index in [0.717, 1.165) is 30.6 Å². The van der Waals surface area contributed by atoms with E-state index in [4.69, 9.17) is 0 Å². The number of hydrogen-bond donors (Lipinski definition) is 1. The van der Waals surface area contributed by atoms with E-state index in [9.17, 15) is 5.11 Å². The van der Waals surface area contributed by atoms with E-state index in [1.807, 2.05) is 0 Å². The van der Waals surface area contributed by atoms with Crippen LogP contribution in [0.5, 0.6) is 0 Å². The highest BCUT2D eigenvalue weighted by atomic mass is 16.3. The monoisotopic (exact) mass is 226 g/mol. The molecule has 0 radical (unpaired) electrons. The fraction of sp³-hybridized carbons (Fsp3) is 1.00. The molecule has 0 heterocycles. The van der Waals surface area contributed by atoms with Crippen LogP contribution in [-0.2, 0) is 0 Å². The van der Waals surface area contributed by atoms with Crippen LogP contribution in [0.1, 0.15) is 66.7 Å². The molecule has 96 valence electrons. The third kappa shape index (κ3) is 4.08. The van der Waals surface area contributed by atoms with Crippen LogP contribution < -0.4 is 0 Å². The van der Waals surface area contributed by atoms with Gasteiger partial charge in [0, 0.05) is 0 Å². The van der Waals surface area contributed by atoms with Gasteiger partial charge >= 0.3 is 0 Å². The molecule has 1 heteroatoms. The average Bonchev–Trinajstić information content (AvgIpc) is 2.17. The molecule has 1 nitrogen and oxygen atoms in total. The summed E-state index contributed by atoms with van der Waals surface area (Å²) in [6, 6.07) is 0. The van der Waals surface area contributed by atoms with Crippen molar-refractivity contribution in [1.82, 2.24) is 0 Å². The van der Waals surface area contributed by atoms with Crippen LogP contribution >= 0.6 is 0 Å². The number of rotatable bonds is 3. The summed E-state index contributed by atoms with van der Waals surface area (Å²) < 4.78 is 0. The molecule has 0 aromatic carbocycles. The first kappa shape index (κ1) is 14.0. The lowest BCUT2D eigenvalue weighted by molar-refractivity contribution is 0.0652. The molecule has 4 unspecified atom stereocenters. The summed E-state index contributed by atoms with van der Waals surface area (Å²) in [4.78, 5) is 0. The molecule has 1 rings (SSSR count). The number of hydrogen-bond acceptors (Lipinski definition) is 1. The zero-order valence-electron chi connectivity index (χ0n) is 11.8. The fourth-order valence-corrected chi connectivity index (χ4v) is 2.69. The van der Waals surface area contributed by atoms with Gasteiger partial charge in [-0.3, -0.25) is 0 Å². The Balaban J connectivity index is 2.36. The Kier molecular flexibility index (Phi) is 4.85. The van der Waals surface area contributed by atoms with Crippen molar-refractivity contribution in [3.05, 3.63) is 0 Å². The van der Waals surface area contributed by atoms with Gasteiger partial charge in [0.05, 0.1) is 6.10 Å². The Labute approximate surface area is 102 Å². The van der Waals surface area contributed by atoms with Crippen molar-refractivity contribution in [1.29, 1.82) is 0 Å². The summed E-state index contributed by atoms with van der Waals surface area (Å²) in [7, 11) is 0. The maximum absolute atomic E-state index is 9.72. The first-order valence-corrected chi connectivity index (χ1v) is 6.98. The molecule has 1 N–H and O–H groups in total. The third-order valence-electron chi connectivity index (χ3n) is 4.78. The summed E-state index contributed by atoms with van der Waals surface area (Å²) >= 11 is 0. The molecule has 1 fully saturated rings. The molecule has 4 atom stereocenters. The van der Waals surface area contributed by atoms with Gasteiger partial charge in [0.15, 0.2) is 0 Å². The Morgan fingerprint density at radius 1 is 1.25 bits per heavy atom. The van der Waals surface area contributed by atoms with Crippen molar-refractivity contribution < 1.29 is 5.11 Å². The zero-order chi connectivity index (χ0) is 12.3. The van der Waals surface area contributed by atoms with Crippen molar-refractivity contribution in [3.8, 4) is 0 Å². The molecule has 0 bridgehead atoms. The predicted octanol–water partition coefficient (Wildman–Crippen LogP) is 4.25. The Hall–Kier alpha value is -0.0400. The van der Waals surface area contributed by atoms with Crippen molar-refractivity contribution in [2.45, 2.75) is 72.8 Å². The molecule has 0 spiro atoms.